The van der Waals surface area contributed by atoms with E-state index >= 15 is 0 Å². The van der Waals surface area contributed by atoms with Gasteiger partial charge in [-0.05, 0) is 38.6 Å². The minimum Gasteiger partial charge on any atom is -0.481 e. The highest BCUT2D eigenvalue weighted by Crippen LogP contribution is 2.08. The largest absolute Gasteiger partial charge is 0.481 e. The topological polar surface area (TPSA) is 174 Å². The Morgan fingerprint density at radius 2 is 1.66 bits per heavy atom. The molecule has 1 rings (SSSR count). The van der Waals surface area contributed by atoms with Crippen LogP contribution in [0.5, 0.6) is 0 Å². The Morgan fingerprint density at radius 3 is 2.14 bits per heavy atom. The van der Waals surface area contributed by atoms with Crippen LogP contribution in [0.15, 0.2) is 0 Å². The van der Waals surface area contributed by atoms with Crippen molar-refractivity contribution in [2.24, 2.45) is 5.92 Å². The van der Waals surface area contributed by atoms with Crippen molar-refractivity contribution < 1.29 is 34.2 Å². The smallest absolute Gasteiger partial charge is 0.325 e. The standard InChI is InChI=1S/C18H30N4O7/c1-9(2)14(17(27)20-10(3)18(28)29)22-16(26)12(6-7-13(23)24)21-15(25)11-5-4-8-19-11/h9-12,14,19H,4-8H2,1-3H3,(H,20,27)(H,21,25)(H,22,26)(H,23,24)(H,28,29). The van der Waals surface area contributed by atoms with E-state index in [1.807, 2.05) is 0 Å². The summed E-state index contributed by atoms with van der Waals surface area (Å²) in [4.78, 5) is 59.3. The van der Waals surface area contributed by atoms with E-state index in [0.29, 0.717) is 13.0 Å². The summed E-state index contributed by atoms with van der Waals surface area (Å²) in [7, 11) is 0. The fourth-order valence-corrected chi connectivity index (χ4v) is 2.87. The second-order valence-corrected chi connectivity index (χ2v) is 7.44. The summed E-state index contributed by atoms with van der Waals surface area (Å²) in [6, 6.07) is -3.77. The molecule has 0 bridgehead atoms. The Morgan fingerprint density at radius 1 is 1.00 bits per heavy atom. The van der Waals surface area contributed by atoms with Crippen LogP contribution in [0.1, 0.15) is 46.5 Å². The molecule has 11 heteroatoms. The van der Waals surface area contributed by atoms with Gasteiger partial charge in [0.2, 0.25) is 17.7 Å². The summed E-state index contributed by atoms with van der Waals surface area (Å²) >= 11 is 0. The summed E-state index contributed by atoms with van der Waals surface area (Å²) in [6.45, 7) is 5.32. The van der Waals surface area contributed by atoms with Crippen molar-refractivity contribution in [3.8, 4) is 0 Å². The molecule has 3 amide bonds. The molecule has 0 aromatic heterocycles. The number of carbonyl (C=O) groups excluding carboxylic acids is 3. The number of rotatable bonds is 11. The maximum atomic E-state index is 12.7. The molecule has 0 radical (unpaired) electrons. The van der Waals surface area contributed by atoms with Crippen LogP contribution in [0.2, 0.25) is 0 Å². The molecule has 0 aromatic rings. The molecule has 0 aromatic carbocycles. The molecule has 4 unspecified atom stereocenters. The molecule has 0 saturated carbocycles. The monoisotopic (exact) mass is 414 g/mol. The molecule has 6 N–H and O–H groups in total. The Balaban J connectivity index is 2.84. The normalized spacial score (nSPS) is 19.1. The molecule has 11 nitrogen and oxygen atoms in total. The molecule has 164 valence electrons. The van der Waals surface area contributed by atoms with Crippen LogP contribution < -0.4 is 21.3 Å². The first-order valence-corrected chi connectivity index (χ1v) is 9.62. The number of amides is 3. The fourth-order valence-electron chi connectivity index (χ4n) is 2.87. The number of aliphatic carboxylic acids is 2. The third-order valence-corrected chi connectivity index (χ3v) is 4.63. The minimum atomic E-state index is -1.22. The molecule has 1 saturated heterocycles. The van der Waals surface area contributed by atoms with Gasteiger partial charge in [0.25, 0.3) is 0 Å². The van der Waals surface area contributed by atoms with Gasteiger partial charge in [-0.2, -0.15) is 0 Å². The van der Waals surface area contributed by atoms with Gasteiger partial charge < -0.3 is 31.5 Å². The van der Waals surface area contributed by atoms with Crippen LogP contribution in [-0.4, -0.2) is 70.6 Å². The summed E-state index contributed by atoms with van der Waals surface area (Å²) in [6.07, 6.45) is 0.952. The van der Waals surface area contributed by atoms with Crippen LogP contribution >= 0.6 is 0 Å². The van der Waals surface area contributed by atoms with Gasteiger partial charge in [-0.25, -0.2) is 0 Å². The van der Waals surface area contributed by atoms with Gasteiger partial charge in [-0.1, -0.05) is 13.8 Å². The summed E-state index contributed by atoms with van der Waals surface area (Å²) in [5, 5.41) is 28.2. The van der Waals surface area contributed by atoms with Crippen LogP contribution in [-0.2, 0) is 24.0 Å². The lowest BCUT2D eigenvalue weighted by Gasteiger charge is -2.26. The van der Waals surface area contributed by atoms with E-state index in [1.165, 1.54) is 6.92 Å². The molecule has 1 heterocycles. The number of carboxylic acid groups (broad SMARTS) is 2. The van der Waals surface area contributed by atoms with Gasteiger partial charge in [0.15, 0.2) is 0 Å². The average molecular weight is 414 g/mol. The van der Waals surface area contributed by atoms with E-state index in [1.54, 1.807) is 13.8 Å². The first kappa shape index (κ1) is 24.3. The first-order valence-electron chi connectivity index (χ1n) is 9.62. The predicted molar refractivity (Wildman–Crippen MR) is 102 cm³/mol. The van der Waals surface area contributed by atoms with Crippen LogP contribution in [0.4, 0.5) is 0 Å². The van der Waals surface area contributed by atoms with Crippen LogP contribution in [0.3, 0.4) is 0 Å². The Bertz CT molecular complexity index is 632. The van der Waals surface area contributed by atoms with Crippen molar-refractivity contribution in [3.63, 3.8) is 0 Å². The molecular formula is C18H30N4O7. The fraction of sp³-hybridized carbons (Fsp3) is 0.722. The molecule has 4 atom stereocenters. The van der Waals surface area contributed by atoms with E-state index in [-0.39, 0.29) is 18.8 Å². The van der Waals surface area contributed by atoms with Gasteiger partial charge in [-0.15, -0.1) is 0 Å². The van der Waals surface area contributed by atoms with Gasteiger partial charge in [0, 0.05) is 6.42 Å². The van der Waals surface area contributed by atoms with Gasteiger partial charge in [0.1, 0.15) is 18.1 Å². The van der Waals surface area contributed by atoms with Crippen molar-refractivity contribution in [1.29, 1.82) is 0 Å². The lowest BCUT2D eigenvalue weighted by atomic mass is 10.0. The molecule has 1 aliphatic rings. The lowest BCUT2D eigenvalue weighted by Crippen LogP contribution is -2.58. The van der Waals surface area contributed by atoms with E-state index < -0.39 is 53.8 Å². The van der Waals surface area contributed by atoms with E-state index in [0.717, 1.165) is 6.42 Å². The predicted octanol–water partition coefficient (Wildman–Crippen LogP) is -1.18. The number of carboxylic acids is 2. The van der Waals surface area contributed by atoms with Crippen LogP contribution in [0.25, 0.3) is 0 Å². The molecule has 0 aliphatic carbocycles. The zero-order valence-electron chi connectivity index (χ0n) is 16.9. The van der Waals surface area contributed by atoms with Crippen molar-refractivity contribution in [2.45, 2.75) is 70.6 Å². The van der Waals surface area contributed by atoms with Crippen molar-refractivity contribution >= 4 is 29.7 Å². The highest BCUT2D eigenvalue weighted by atomic mass is 16.4. The third kappa shape index (κ3) is 8.06. The second kappa shape index (κ2) is 11.3. The van der Waals surface area contributed by atoms with Crippen molar-refractivity contribution in [1.82, 2.24) is 21.3 Å². The molecule has 29 heavy (non-hydrogen) atoms. The van der Waals surface area contributed by atoms with Crippen molar-refractivity contribution in [3.05, 3.63) is 0 Å². The van der Waals surface area contributed by atoms with E-state index in [4.69, 9.17) is 10.2 Å². The second-order valence-electron chi connectivity index (χ2n) is 7.44. The van der Waals surface area contributed by atoms with E-state index in [9.17, 15) is 24.0 Å². The highest BCUT2D eigenvalue weighted by Gasteiger charge is 2.32. The van der Waals surface area contributed by atoms with Crippen molar-refractivity contribution in [2.75, 3.05) is 6.54 Å². The summed E-state index contributed by atoms with van der Waals surface area (Å²) in [5.74, 6) is -4.49. The van der Waals surface area contributed by atoms with E-state index in [2.05, 4.69) is 21.3 Å². The molecule has 1 aliphatic heterocycles. The molecule has 0 spiro atoms. The Hall–Kier alpha value is -2.69. The quantitative estimate of drug-likeness (QED) is 0.245. The third-order valence-electron chi connectivity index (χ3n) is 4.63. The number of carbonyl (C=O) groups is 5. The SMILES string of the molecule is CC(NC(=O)C(NC(=O)C(CCC(=O)O)NC(=O)C1CCCN1)C(C)C)C(=O)O. The summed E-state index contributed by atoms with van der Waals surface area (Å²) < 4.78 is 0. The maximum absolute atomic E-state index is 12.7. The maximum Gasteiger partial charge on any atom is 0.325 e. The highest BCUT2D eigenvalue weighted by molar-refractivity contribution is 5.94. The molecule has 1 fully saturated rings. The number of nitrogens with one attached hydrogen (secondary N) is 4. The zero-order valence-corrected chi connectivity index (χ0v) is 16.9. The van der Waals surface area contributed by atoms with Crippen LogP contribution in [0, 0.1) is 5.92 Å². The Labute approximate surface area is 169 Å². The van der Waals surface area contributed by atoms with Gasteiger partial charge >= 0.3 is 11.9 Å². The number of hydrogen-bond acceptors (Lipinski definition) is 6. The van der Waals surface area contributed by atoms with Gasteiger partial charge in [0.05, 0.1) is 6.04 Å². The molecular weight excluding hydrogens is 384 g/mol. The number of hydrogen-bond donors (Lipinski definition) is 6. The minimum absolute atomic E-state index is 0.141. The van der Waals surface area contributed by atoms with Gasteiger partial charge in [-0.3, -0.25) is 24.0 Å². The summed E-state index contributed by atoms with van der Waals surface area (Å²) in [5.41, 5.74) is 0. The lowest BCUT2D eigenvalue weighted by molar-refractivity contribution is -0.142. The zero-order chi connectivity index (χ0) is 22.1. The first-order chi connectivity index (χ1) is 13.5. The average Bonchev–Trinajstić information content (AvgIpc) is 3.16. The Kier molecular flexibility index (Phi) is 9.53.